The van der Waals surface area contributed by atoms with Crippen LogP contribution in [0.1, 0.15) is 60.3 Å². The van der Waals surface area contributed by atoms with Crippen LogP contribution in [0.4, 0.5) is 13.2 Å². The molecule has 0 radical (unpaired) electrons. The van der Waals surface area contributed by atoms with Crippen LogP contribution >= 0.6 is 11.6 Å². The number of aliphatic hydroxyl groups is 1. The van der Waals surface area contributed by atoms with Crippen LogP contribution in [0.2, 0.25) is 5.02 Å². The minimum absolute atomic E-state index is 0.351. The van der Waals surface area contributed by atoms with E-state index in [0.717, 1.165) is 36.2 Å². The number of hydrogen-bond donors (Lipinski definition) is 2. The summed E-state index contributed by atoms with van der Waals surface area (Å²) >= 11 is 5.92. The molecule has 4 rings (SSSR count). The van der Waals surface area contributed by atoms with E-state index >= 15 is 0 Å². The summed E-state index contributed by atoms with van der Waals surface area (Å²) < 4.78 is 41.5. The maximum absolute atomic E-state index is 13.2. The fourth-order valence-corrected chi connectivity index (χ4v) is 4.72. The molecule has 0 aliphatic heterocycles. The monoisotopic (exact) mass is 492 g/mol. The number of hydrogen-bond acceptors (Lipinski definition) is 4. The highest BCUT2D eigenvalue weighted by Crippen LogP contribution is 2.41. The van der Waals surface area contributed by atoms with Crippen LogP contribution in [0, 0.1) is 0 Å². The number of benzene rings is 1. The molecule has 1 fully saturated rings. The summed E-state index contributed by atoms with van der Waals surface area (Å²) in [7, 11) is 0. The van der Waals surface area contributed by atoms with E-state index in [1.165, 1.54) is 0 Å². The van der Waals surface area contributed by atoms with Gasteiger partial charge in [0.05, 0.1) is 28.4 Å². The summed E-state index contributed by atoms with van der Waals surface area (Å²) in [6, 6.07) is 7.64. The lowest BCUT2D eigenvalue weighted by Crippen LogP contribution is -2.44. The first-order valence-electron chi connectivity index (χ1n) is 11.0. The molecule has 1 saturated carbocycles. The number of nitrogens with one attached hydrogen (secondary N) is 1. The SMILES string of the molecule is CCn1cc(-c2cccc(C(NC(=O)c3ccnc(C(F)(F)F)c3Cl)C3(O)CCCC3)c2)cn1. The van der Waals surface area contributed by atoms with Gasteiger partial charge in [0, 0.05) is 24.5 Å². The van der Waals surface area contributed by atoms with Gasteiger partial charge in [0.15, 0.2) is 5.69 Å². The lowest BCUT2D eigenvalue weighted by Gasteiger charge is -2.34. The Balaban J connectivity index is 1.70. The molecule has 1 aromatic carbocycles. The van der Waals surface area contributed by atoms with E-state index in [4.69, 9.17) is 11.6 Å². The Bertz CT molecular complexity index is 1190. The van der Waals surface area contributed by atoms with Crippen molar-refractivity contribution in [2.45, 2.75) is 57.0 Å². The average molecular weight is 493 g/mol. The maximum atomic E-state index is 13.2. The van der Waals surface area contributed by atoms with Crippen molar-refractivity contribution in [3.8, 4) is 11.1 Å². The van der Waals surface area contributed by atoms with Crippen molar-refractivity contribution in [2.75, 3.05) is 0 Å². The number of carbonyl (C=O) groups excluding carboxylic acids is 1. The van der Waals surface area contributed by atoms with Crippen LogP contribution < -0.4 is 5.32 Å². The molecule has 0 spiro atoms. The largest absolute Gasteiger partial charge is 0.434 e. The van der Waals surface area contributed by atoms with Gasteiger partial charge >= 0.3 is 6.18 Å². The molecule has 2 aromatic heterocycles. The molecule has 3 aromatic rings. The highest BCUT2D eigenvalue weighted by atomic mass is 35.5. The molecule has 1 aliphatic carbocycles. The smallest absolute Gasteiger partial charge is 0.387 e. The van der Waals surface area contributed by atoms with Crippen molar-refractivity contribution in [1.29, 1.82) is 0 Å². The quantitative estimate of drug-likeness (QED) is 0.482. The summed E-state index contributed by atoms with van der Waals surface area (Å²) in [6.45, 7) is 2.69. The molecular weight excluding hydrogens is 469 g/mol. The molecule has 2 heterocycles. The topological polar surface area (TPSA) is 80.0 Å². The van der Waals surface area contributed by atoms with E-state index in [2.05, 4.69) is 15.4 Å². The summed E-state index contributed by atoms with van der Waals surface area (Å²) in [6.07, 6.45) is 2.19. The minimum atomic E-state index is -4.80. The predicted molar refractivity (Wildman–Crippen MR) is 121 cm³/mol. The van der Waals surface area contributed by atoms with Crippen LogP contribution in [-0.2, 0) is 12.7 Å². The molecule has 6 nitrogen and oxygen atoms in total. The van der Waals surface area contributed by atoms with Gasteiger partial charge in [-0.15, -0.1) is 0 Å². The molecule has 1 atom stereocenters. The zero-order chi connectivity index (χ0) is 24.5. The van der Waals surface area contributed by atoms with Crippen LogP contribution in [0.25, 0.3) is 11.1 Å². The van der Waals surface area contributed by atoms with Gasteiger partial charge in [0.2, 0.25) is 0 Å². The number of alkyl halides is 3. The number of halogens is 4. The molecule has 0 bridgehead atoms. The number of carbonyl (C=O) groups is 1. The molecule has 0 saturated heterocycles. The van der Waals surface area contributed by atoms with E-state index in [-0.39, 0.29) is 5.56 Å². The van der Waals surface area contributed by atoms with Crippen molar-refractivity contribution in [2.24, 2.45) is 0 Å². The highest BCUT2D eigenvalue weighted by molar-refractivity contribution is 6.34. The number of amides is 1. The van der Waals surface area contributed by atoms with Gasteiger partial charge in [-0.1, -0.05) is 42.6 Å². The molecule has 10 heteroatoms. The molecule has 1 aliphatic rings. The standard InChI is InChI=1S/C24H24ClF3N4O2/c1-2-32-14-17(13-30-32)15-6-5-7-16(12-15)20(23(34)9-3-4-10-23)31-22(33)18-8-11-29-21(19(18)25)24(26,27)28/h5-8,11-14,20,34H,2-4,9-10H2,1H3,(H,31,33). The number of aromatic nitrogens is 3. The van der Waals surface area contributed by atoms with E-state index < -0.39 is 34.4 Å². The summed E-state index contributed by atoms with van der Waals surface area (Å²) in [5, 5.41) is 17.7. The van der Waals surface area contributed by atoms with Crippen molar-refractivity contribution >= 4 is 17.5 Å². The van der Waals surface area contributed by atoms with E-state index in [1.54, 1.807) is 16.9 Å². The van der Waals surface area contributed by atoms with E-state index in [0.29, 0.717) is 24.9 Å². The number of rotatable bonds is 6. The lowest BCUT2D eigenvalue weighted by atomic mass is 9.85. The predicted octanol–water partition coefficient (Wildman–Crippen LogP) is 5.41. The van der Waals surface area contributed by atoms with Gasteiger partial charge in [-0.25, -0.2) is 0 Å². The van der Waals surface area contributed by atoms with Crippen molar-refractivity contribution < 1.29 is 23.1 Å². The minimum Gasteiger partial charge on any atom is -0.387 e. The molecule has 34 heavy (non-hydrogen) atoms. The zero-order valence-corrected chi connectivity index (χ0v) is 19.2. The third kappa shape index (κ3) is 4.81. The summed E-state index contributed by atoms with van der Waals surface area (Å²) in [4.78, 5) is 16.4. The van der Waals surface area contributed by atoms with Crippen molar-refractivity contribution in [3.05, 3.63) is 70.8 Å². The fraction of sp³-hybridized carbons (Fsp3) is 0.375. The normalized spacial score (nSPS) is 16.4. The Morgan fingerprint density at radius 1 is 1.26 bits per heavy atom. The Kier molecular flexibility index (Phi) is 6.69. The Morgan fingerprint density at radius 2 is 2.00 bits per heavy atom. The zero-order valence-electron chi connectivity index (χ0n) is 18.4. The summed E-state index contributed by atoms with van der Waals surface area (Å²) in [5.41, 5.74) is -0.558. The van der Waals surface area contributed by atoms with Gasteiger partial charge in [0.25, 0.3) is 5.91 Å². The van der Waals surface area contributed by atoms with Crippen molar-refractivity contribution in [3.63, 3.8) is 0 Å². The van der Waals surface area contributed by atoms with Crippen LogP contribution in [-0.4, -0.2) is 31.4 Å². The molecule has 180 valence electrons. The van der Waals surface area contributed by atoms with Crippen LogP contribution in [0.3, 0.4) is 0 Å². The molecule has 1 amide bonds. The fourth-order valence-electron chi connectivity index (χ4n) is 4.41. The third-order valence-electron chi connectivity index (χ3n) is 6.20. The van der Waals surface area contributed by atoms with Crippen LogP contribution in [0.5, 0.6) is 0 Å². The lowest BCUT2D eigenvalue weighted by molar-refractivity contribution is -0.141. The molecule has 2 N–H and O–H groups in total. The molecular formula is C24H24ClF3N4O2. The van der Waals surface area contributed by atoms with Gasteiger partial charge in [-0.05, 0) is 43.0 Å². The first-order chi connectivity index (χ1) is 16.1. The second-order valence-corrected chi connectivity index (χ2v) is 8.82. The number of nitrogens with zero attached hydrogens (tertiary/aromatic N) is 3. The van der Waals surface area contributed by atoms with Crippen LogP contribution in [0.15, 0.2) is 48.9 Å². The molecule has 1 unspecified atom stereocenters. The first kappa shape index (κ1) is 24.2. The summed E-state index contributed by atoms with van der Waals surface area (Å²) in [5.74, 6) is -0.813. The van der Waals surface area contributed by atoms with Crippen molar-refractivity contribution in [1.82, 2.24) is 20.1 Å². The maximum Gasteiger partial charge on any atom is 0.434 e. The van der Waals surface area contributed by atoms with Gasteiger partial charge in [-0.2, -0.15) is 18.3 Å². The van der Waals surface area contributed by atoms with Gasteiger partial charge in [-0.3, -0.25) is 14.5 Å². The Hall–Kier alpha value is -2.91. The second kappa shape index (κ2) is 9.38. The van der Waals surface area contributed by atoms with Gasteiger partial charge < -0.3 is 10.4 Å². The highest BCUT2D eigenvalue weighted by Gasteiger charge is 2.42. The Labute approximate surface area is 199 Å². The second-order valence-electron chi connectivity index (χ2n) is 8.45. The third-order valence-corrected chi connectivity index (χ3v) is 6.58. The Morgan fingerprint density at radius 3 is 2.65 bits per heavy atom. The van der Waals surface area contributed by atoms with E-state index in [1.807, 2.05) is 31.3 Å². The average Bonchev–Trinajstić information content (AvgIpc) is 3.46. The number of aryl methyl sites for hydroxylation is 1. The first-order valence-corrected chi connectivity index (χ1v) is 11.4. The van der Waals surface area contributed by atoms with E-state index in [9.17, 15) is 23.1 Å². The number of pyridine rings is 1. The van der Waals surface area contributed by atoms with Gasteiger partial charge in [0.1, 0.15) is 0 Å².